The highest BCUT2D eigenvalue weighted by molar-refractivity contribution is 5.88. The van der Waals surface area contributed by atoms with Crippen LogP contribution in [0.2, 0.25) is 0 Å². The molecule has 4 heteroatoms. The molecule has 0 fully saturated rings. The van der Waals surface area contributed by atoms with E-state index in [0.717, 1.165) is 16.7 Å². The van der Waals surface area contributed by atoms with Gasteiger partial charge in [0.25, 0.3) is 0 Å². The fraction of sp³-hybridized carbons (Fsp3) is 0.278. The lowest BCUT2D eigenvalue weighted by molar-refractivity contribution is -0.683. The molecule has 114 valence electrons. The first-order valence-corrected chi connectivity index (χ1v) is 7.29. The van der Waals surface area contributed by atoms with Gasteiger partial charge in [-0.05, 0) is 36.6 Å². The smallest absolute Gasteiger partial charge is 0.221 e. The van der Waals surface area contributed by atoms with Crippen LogP contribution in [0.25, 0.3) is 0 Å². The number of aryl methyl sites for hydroxylation is 2. The number of hydrogen-bond donors (Lipinski definition) is 1. The van der Waals surface area contributed by atoms with Crippen molar-refractivity contribution in [2.75, 3.05) is 5.32 Å². The summed E-state index contributed by atoms with van der Waals surface area (Å²) in [6.45, 7) is 5.81. The van der Waals surface area contributed by atoms with Gasteiger partial charge in [-0.25, -0.2) is 0 Å². The Balaban J connectivity index is 2.08. The standard InChI is InChI=1S/C18H20N2O2/c1-13-6-4-7-14(2)18(13)10-17(22)12-20-9-5-8-16(11-20)19-15(3)21/h4-9,11H,10,12H2,1-3H3/p+1. The van der Waals surface area contributed by atoms with Crippen molar-refractivity contribution in [2.24, 2.45) is 0 Å². The minimum Gasteiger partial charge on any atom is -0.321 e. The number of anilines is 1. The normalized spacial score (nSPS) is 10.3. The largest absolute Gasteiger partial charge is 0.321 e. The summed E-state index contributed by atoms with van der Waals surface area (Å²) in [5, 5.41) is 2.72. The molecule has 2 aromatic rings. The molecule has 0 spiro atoms. The second-order valence-corrected chi connectivity index (χ2v) is 5.53. The van der Waals surface area contributed by atoms with Crippen molar-refractivity contribution in [1.29, 1.82) is 0 Å². The molecule has 0 atom stereocenters. The van der Waals surface area contributed by atoms with Crippen molar-refractivity contribution >= 4 is 17.4 Å². The lowest BCUT2D eigenvalue weighted by Crippen LogP contribution is -2.38. The Morgan fingerprint density at radius 1 is 1.09 bits per heavy atom. The van der Waals surface area contributed by atoms with E-state index in [-0.39, 0.29) is 11.7 Å². The summed E-state index contributed by atoms with van der Waals surface area (Å²) < 4.78 is 1.79. The molecule has 4 nitrogen and oxygen atoms in total. The number of rotatable bonds is 5. The lowest BCUT2D eigenvalue weighted by Gasteiger charge is -2.08. The van der Waals surface area contributed by atoms with Crippen LogP contribution in [-0.4, -0.2) is 11.7 Å². The number of ketones is 1. The van der Waals surface area contributed by atoms with E-state index in [1.807, 2.05) is 44.3 Å². The van der Waals surface area contributed by atoms with E-state index in [1.165, 1.54) is 6.92 Å². The van der Waals surface area contributed by atoms with Crippen molar-refractivity contribution < 1.29 is 14.2 Å². The van der Waals surface area contributed by atoms with Gasteiger partial charge in [0.05, 0.1) is 0 Å². The van der Waals surface area contributed by atoms with Crippen LogP contribution < -0.4 is 9.88 Å². The Labute approximate surface area is 130 Å². The van der Waals surface area contributed by atoms with E-state index in [2.05, 4.69) is 5.32 Å². The van der Waals surface area contributed by atoms with Gasteiger partial charge in [0.1, 0.15) is 5.69 Å². The third-order valence-electron chi connectivity index (χ3n) is 3.56. The van der Waals surface area contributed by atoms with Gasteiger partial charge in [-0.1, -0.05) is 18.2 Å². The number of Topliss-reactive ketones (excluding diaryl/α,β-unsaturated/α-hetero) is 1. The maximum atomic E-state index is 12.3. The Kier molecular flexibility index (Phi) is 5.04. The molecule has 22 heavy (non-hydrogen) atoms. The first-order valence-electron chi connectivity index (χ1n) is 7.29. The molecule has 1 aromatic heterocycles. The number of carbonyl (C=O) groups is 2. The van der Waals surface area contributed by atoms with Crippen LogP contribution in [0.1, 0.15) is 23.6 Å². The second-order valence-electron chi connectivity index (χ2n) is 5.53. The molecule has 0 bridgehead atoms. The Morgan fingerprint density at radius 2 is 1.77 bits per heavy atom. The van der Waals surface area contributed by atoms with E-state index in [0.29, 0.717) is 18.7 Å². The molecule has 1 N–H and O–H groups in total. The van der Waals surface area contributed by atoms with Crippen LogP contribution >= 0.6 is 0 Å². The topological polar surface area (TPSA) is 50.1 Å². The summed E-state index contributed by atoms with van der Waals surface area (Å²) in [4.78, 5) is 23.4. The van der Waals surface area contributed by atoms with Crippen molar-refractivity contribution in [3.05, 3.63) is 59.4 Å². The predicted molar refractivity (Wildman–Crippen MR) is 85.6 cm³/mol. The van der Waals surface area contributed by atoms with E-state index in [4.69, 9.17) is 0 Å². The van der Waals surface area contributed by atoms with Gasteiger partial charge in [0.15, 0.2) is 12.4 Å². The summed E-state index contributed by atoms with van der Waals surface area (Å²) in [5.41, 5.74) is 4.08. The van der Waals surface area contributed by atoms with Gasteiger partial charge in [-0.15, -0.1) is 0 Å². The number of nitrogens with zero attached hydrogens (tertiary/aromatic N) is 1. The quantitative estimate of drug-likeness (QED) is 0.861. The summed E-state index contributed by atoms with van der Waals surface area (Å²) >= 11 is 0. The van der Waals surface area contributed by atoms with Crippen molar-refractivity contribution in [1.82, 2.24) is 0 Å². The van der Waals surface area contributed by atoms with Crippen LogP contribution in [-0.2, 0) is 22.6 Å². The van der Waals surface area contributed by atoms with E-state index < -0.39 is 0 Å². The first kappa shape index (κ1) is 15.9. The van der Waals surface area contributed by atoms with Gasteiger partial charge >= 0.3 is 0 Å². The Hall–Kier alpha value is -2.49. The maximum Gasteiger partial charge on any atom is 0.221 e. The Bertz CT molecular complexity index is 688. The SMILES string of the molecule is CC(=O)Nc1ccc[n+](CC(=O)Cc2c(C)cccc2C)c1. The third kappa shape index (κ3) is 4.25. The molecule has 1 aromatic carbocycles. The molecule has 1 heterocycles. The number of nitrogens with one attached hydrogen (secondary N) is 1. The fourth-order valence-electron chi connectivity index (χ4n) is 2.48. The molecule has 0 aliphatic carbocycles. The van der Waals surface area contributed by atoms with Crippen LogP contribution in [0.3, 0.4) is 0 Å². The van der Waals surface area contributed by atoms with Crippen molar-refractivity contribution in [3.63, 3.8) is 0 Å². The molecular formula is C18H21N2O2+. The highest BCUT2D eigenvalue weighted by Crippen LogP contribution is 2.14. The molecule has 2 rings (SSSR count). The molecular weight excluding hydrogens is 276 g/mol. The van der Waals surface area contributed by atoms with E-state index in [1.54, 1.807) is 16.8 Å². The summed E-state index contributed by atoms with van der Waals surface area (Å²) in [7, 11) is 0. The van der Waals surface area contributed by atoms with Gasteiger partial charge in [0, 0.05) is 19.4 Å². The molecule has 1 amide bonds. The van der Waals surface area contributed by atoms with Crippen LogP contribution in [0, 0.1) is 13.8 Å². The molecule has 0 unspecified atom stereocenters. The van der Waals surface area contributed by atoms with Crippen LogP contribution in [0.4, 0.5) is 5.69 Å². The zero-order valence-electron chi connectivity index (χ0n) is 13.2. The fourth-order valence-corrected chi connectivity index (χ4v) is 2.48. The predicted octanol–water partition coefficient (Wildman–Crippen LogP) is 2.36. The number of benzene rings is 1. The van der Waals surface area contributed by atoms with E-state index >= 15 is 0 Å². The molecule has 0 aliphatic rings. The number of aromatic nitrogens is 1. The average Bonchev–Trinajstić information content (AvgIpc) is 2.42. The van der Waals surface area contributed by atoms with Crippen molar-refractivity contribution in [2.45, 2.75) is 33.7 Å². The average molecular weight is 297 g/mol. The first-order chi connectivity index (χ1) is 10.5. The summed E-state index contributed by atoms with van der Waals surface area (Å²) in [5.74, 6) is 0.0157. The summed E-state index contributed by atoms with van der Waals surface area (Å²) in [6, 6.07) is 9.68. The van der Waals surface area contributed by atoms with Crippen LogP contribution in [0.15, 0.2) is 42.7 Å². The molecule has 0 saturated carbocycles. The zero-order chi connectivity index (χ0) is 16.1. The van der Waals surface area contributed by atoms with Gasteiger partial charge in [-0.3, -0.25) is 9.59 Å². The zero-order valence-corrected chi connectivity index (χ0v) is 13.2. The molecule has 0 saturated heterocycles. The van der Waals surface area contributed by atoms with Crippen LogP contribution in [0.5, 0.6) is 0 Å². The van der Waals surface area contributed by atoms with Gasteiger partial charge in [0.2, 0.25) is 18.2 Å². The third-order valence-corrected chi connectivity index (χ3v) is 3.56. The molecule has 0 aliphatic heterocycles. The monoisotopic (exact) mass is 297 g/mol. The van der Waals surface area contributed by atoms with E-state index in [9.17, 15) is 9.59 Å². The highest BCUT2D eigenvalue weighted by atomic mass is 16.1. The minimum atomic E-state index is -0.125. The number of amides is 1. The van der Waals surface area contributed by atoms with Gasteiger partial charge < -0.3 is 5.32 Å². The summed E-state index contributed by atoms with van der Waals surface area (Å²) in [6.07, 6.45) is 4.02. The highest BCUT2D eigenvalue weighted by Gasteiger charge is 2.14. The van der Waals surface area contributed by atoms with Crippen molar-refractivity contribution in [3.8, 4) is 0 Å². The second kappa shape index (κ2) is 6.98. The number of hydrogen-bond acceptors (Lipinski definition) is 2. The molecule has 0 radical (unpaired) electrons. The minimum absolute atomic E-state index is 0.125. The lowest BCUT2D eigenvalue weighted by atomic mass is 9.98. The van der Waals surface area contributed by atoms with Gasteiger partial charge in [-0.2, -0.15) is 4.57 Å². The number of pyridine rings is 1. The Morgan fingerprint density at radius 3 is 2.41 bits per heavy atom. The maximum absolute atomic E-state index is 12.3. The number of carbonyl (C=O) groups excluding carboxylic acids is 2.